The molecular weight excluding hydrogens is 282 g/mol. The summed E-state index contributed by atoms with van der Waals surface area (Å²) >= 11 is 0. The number of benzene rings is 1. The van der Waals surface area contributed by atoms with E-state index < -0.39 is 0 Å². The second-order valence-corrected chi connectivity index (χ2v) is 5.05. The van der Waals surface area contributed by atoms with Gasteiger partial charge in [-0.3, -0.25) is 4.98 Å². The molecule has 2 heterocycles. The molecule has 2 aromatic rings. The Labute approximate surface area is 128 Å². The number of anilines is 1. The molecule has 0 bridgehead atoms. The van der Waals surface area contributed by atoms with Gasteiger partial charge < -0.3 is 19.7 Å². The Hall–Kier alpha value is -2.76. The lowest BCUT2D eigenvalue weighted by atomic mass is 10.2. The lowest BCUT2D eigenvalue weighted by Gasteiger charge is -2.29. The second-order valence-electron chi connectivity index (χ2n) is 5.05. The van der Waals surface area contributed by atoms with Gasteiger partial charge in [0.25, 0.3) is 0 Å². The van der Waals surface area contributed by atoms with Crippen LogP contribution in [-0.2, 0) is 0 Å². The third-order valence-corrected chi connectivity index (χ3v) is 3.30. The summed E-state index contributed by atoms with van der Waals surface area (Å²) in [5.41, 5.74) is 0.658. The Morgan fingerprint density at radius 2 is 2.14 bits per heavy atom. The van der Waals surface area contributed by atoms with Gasteiger partial charge in [-0.25, -0.2) is 4.79 Å². The minimum absolute atomic E-state index is 0.195. The first-order chi connectivity index (χ1) is 10.7. The zero-order valence-corrected chi connectivity index (χ0v) is 12.2. The monoisotopic (exact) mass is 299 g/mol. The van der Waals surface area contributed by atoms with Crippen LogP contribution in [0.3, 0.4) is 0 Å². The Morgan fingerprint density at radius 1 is 1.32 bits per heavy atom. The quantitative estimate of drug-likeness (QED) is 0.945. The number of ether oxygens (including phenoxy) is 2. The van der Waals surface area contributed by atoms with Gasteiger partial charge in [0, 0.05) is 13.2 Å². The highest BCUT2D eigenvalue weighted by Crippen LogP contribution is 2.30. The van der Waals surface area contributed by atoms with Crippen molar-refractivity contribution in [2.24, 2.45) is 0 Å². The predicted octanol–water partition coefficient (Wildman–Crippen LogP) is 2.39. The average Bonchev–Trinajstić information content (AvgIpc) is 2.55. The third-order valence-electron chi connectivity index (χ3n) is 3.30. The Kier molecular flexibility index (Phi) is 4.09. The predicted molar refractivity (Wildman–Crippen MR) is 82.2 cm³/mol. The van der Waals surface area contributed by atoms with Crippen molar-refractivity contribution in [3.8, 4) is 11.5 Å². The molecule has 1 aromatic carbocycles. The molecule has 1 aliphatic rings. The molecule has 0 saturated heterocycles. The van der Waals surface area contributed by atoms with Gasteiger partial charge in [0.2, 0.25) is 0 Å². The molecule has 6 nitrogen and oxygen atoms in total. The van der Waals surface area contributed by atoms with Gasteiger partial charge in [0.1, 0.15) is 6.61 Å². The van der Waals surface area contributed by atoms with Crippen molar-refractivity contribution >= 4 is 11.7 Å². The van der Waals surface area contributed by atoms with E-state index in [1.165, 1.54) is 0 Å². The van der Waals surface area contributed by atoms with Crippen LogP contribution in [0.25, 0.3) is 0 Å². The van der Waals surface area contributed by atoms with Crippen LogP contribution >= 0.6 is 0 Å². The summed E-state index contributed by atoms with van der Waals surface area (Å²) in [6.07, 6.45) is 3.06. The fraction of sp³-hybridized carbons (Fsp3) is 0.250. The molecule has 1 aromatic heterocycles. The van der Waals surface area contributed by atoms with Gasteiger partial charge in [-0.15, -0.1) is 0 Å². The number of para-hydroxylation sites is 2. The summed E-state index contributed by atoms with van der Waals surface area (Å²) in [6.45, 7) is 0.849. The molecule has 6 heteroatoms. The number of hydrogen-bond donors (Lipinski definition) is 1. The summed E-state index contributed by atoms with van der Waals surface area (Å²) in [7, 11) is 1.72. The van der Waals surface area contributed by atoms with Crippen molar-refractivity contribution in [3.63, 3.8) is 0 Å². The molecular formula is C16H17N3O3. The Balaban J connectivity index is 1.56. The number of fused-ring (bicyclic) bond motifs is 1. The summed E-state index contributed by atoms with van der Waals surface area (Å²) in [5, 5.41) is 2.78. The molecule has 22 heavy (non-hydrogen) atoms. The number of hydrogen-bond acceptors (Lipinski definition) is 4. The SMILES string of the molecule is CN(C[C@@H]1COc2ccccc2O1)C(=O)Nc1cccnc1. The first-order valence-electron chi connectivity index (χ1n) is 7.03. The zero-order chi connectivity index (χ0) is 15.4. The van der Waals surface area contributed by atoms with Crippen molar-refractivity contribution < 1.29 is 14.3 Å². The van der Waals surface area contributed by atoms with Crippen LogP contribution in [-0.4, -0.2) is 42.2 Å². The maximum atomic E-state index is 12.1. The number of carbonyl (C=O) groups is 1. The normalized spacial score (nSPS) is 16.0. The maximum absolute atomic E-state index is 12.1. The number of aromatic nitrogens is 1. The highest BCUT2D eigenvalue weighted by molar-refractivity contribution is 5.88. The summed E-state index contributed by atoms with van der Waals surface area (Å²) in [4.78, 5) is 17.6. The number of nitrogens with zero attached hydrogens (tertiary/aromatic N) is 2. The summed E-state index contributed by atoms with van der Waals surface area (Å²) in [5.74, 6) is 1.45. The van der Waals surface area contributed by atoms with E-state index in [0.717, 1.165) is 5.75 Å². The van der Waals surface area contributed by atoms with E-state index in [2.05, 4.69) is 10.3 Å². The topological polar surface area (TPSA) is 63.7 Å². The molecule has 1 N–H and O–H groups in total. The van der Waals surface area contributed by atoms with Gasteiger partial charge >= 0.3 is 6.03 Å². The number of rotatable bonds is 3. The molecule has 0 radical (unpaired) electrons. The lowest BCUT2D eigenvalue weighted by molar-refractivity contribution is 0.0731. The van der Waals surface area contributed by atoms with Crippen LogP contribution in [0.2, 0.25) is 0 Å². The van der Waals surface area contributed by atoms with Gasteiger partial charge in [-0.2, -0.15) is 0 Å². The first kappa shape index (κ1) is 14.2. The molecule has 0 aliphatic carbocycles. The molecule has 1 atom stereocenters. The van der Waals surface area contributed by atoms with Gasteiger partial charge in [-0.1, -0.05) is 12.1 Å². The summed E-state index contributed by atoms with van der Waals surface area (Å²) in [6, 6.07) is 10.9. The number of urea groups is 1. The van der Waals surface area contributed by atoms with E-state index in [-0.39, 0.29) is 12.1 Å². The number of amides is 2. The van der Waals surface area contributed by atoms with Crippen molar-refractivity contribution in [1.29, 1.82) is 0 Å². The smallest absolute Gasteiger partial charge is 0.321 e. The van der Waals surface area contributed by atoms with Crippen molar-refractivity contribution in [2.45, 2.75) is 6.10 Å². The average molecular weight is 299 g/mol. The first-order valence-corrected chi connectivity index (χ1v) is 7.03. The van der Waals surface area contributed by atoms with E-state index in [1.807, 2.05) is 24.3 Å². The van der Waals surface area contributed by atoms with E-state index in [0.29, 0.717) is 24.6 Å². The molecule has 2 amide bonds. The van der Waals surface area contributed by atoms with E-state index in [4.69, 9.17) is 9.47 Å². The molecule has 0 spiro atoms. The van der Waals surface area contributed by atoms with Crippen molar-refractivity contribution in [3.05, 3.63) is 48.8 Å². The fourth-order valence-corrected chi connectivity index (χ4v) is 2.20. The standard InChI is InChI=1S/C16H17N3O3/c1-19(16(20)18-12-5-4-8-17-9-12)10-13-11-21-14-6-2-3-7-15(14)22-13/h2-9,13H,10-11H2,1H3,(H,18,20)/t13-/m1/s1. The van der Waals surface area contributed by atoms with Crippen LogP contribution in [0.1, 0.15) is 0 Å². The van der Waals surface area contributed by atoms with Crippen LogP contribution in [0.5, 0.6) is 11.5 Å². The largest absolute Gasteiger partial charge is 0.486 e. The van der Waals surface area contributed by atoms with Crippen LogP contribution in [0, 0.1) is 0 Å². The number of carbonyl (C=O) groups excluding carboxylic acids is 1. The molecule has 114 valence electrons. The number of likely N-dealkylation sites (N-methyl/N-ethyl adjacent to an activating group) is 1. The van der Waals surface area contributed by atoms with Gasteiger partial charge in [-0.05, 0) is 24.3 Å². The number of nitrogens with one attached hydrogen (secondary N) is 1. The molecule has 0 unspecified atom stereocenters. The minimum atomic E-state index is -0.213. The molecule has 1 aliphatic heterocycles. The van der Waals surface area contributed by atoms with Gasteiger partial charge in [0.05, 0.1) is 18.4 Å². The minimum Gasteiger partial charge on any atom is -0.486 e. The van der Waals surface area contributed by atoms with Crippen LogP contribution in [0.15, 0.2) is 48.8 Å². The number of pyridine rings is 1. The van der Waals surface area contributed by atoms with Crippen molar-refractivity contribution in [2.75, 3.05) is 25.5 Å². The highest BCUT2D eigenvalue weighted by atomic mass is 16.6. The zero-order valence-electron chi connectivity index (χ0n) is 12.2. The Morgan fingerprint density at radius 3 is 2.91 bits per heavy atom. The Bertz CT molecular complexity index is 648. The van der Waals surface area contributed by atoms with Crippen molar-refractivity contribution in [1.82, 2.24) is 9.88 Å². The second kappa shape index (κ2) is 6.34. The molecule has 0 saturated carbocycles. The highest BCUT2D eigenvalue weighted by Gasteiger charge is 2.23. The molecule has 3 rings (SSSR count). The van der Waals surface area contributed by atoms with E-state index in [1.54, 1.807) is 36.5 Å². The third kappa shape index (κ3) is 3.28. The summed E-state index contributed by atoms with van der Waals surface area (Å²) < 4.78 is 11.5. The maximum Gasteiger partial charge on any atom is 0.321 e. The molecule has 0 fully saturated rings. The van der Waals surface area contributed by atoms with E-state index in [9.17, 15) is 4.79 Å². The van der Waals surface area contributed by atoms with Crippen LogP contribution < -0.4 is 14.8 Å². The van der Waals surface area contributed by atoms with Crippen LogP contribution in [0.4, 0.5) is 10.5 Å². The van der Waals surface area contributed by atoms with Gasteiger partial charge in [0.15, 0.2) is 17.6 Å². The lowest BCUT2D eigenvalue weighted by Crippen LogP contribution is -2.43. The van der Waals surface area contributed by atoms with E-state index >= 15 is 0 Å². The fourth-order valence-electron chi connectivity index (χ4n) is 2.20.